The van der Waals surface area contributed by atoms with Crippen LogP contribution < -0.4 is 20.1 Å². The molecule has 43 heavy (non-hydrogen) atoms. The topological polar surface area (TPSA) is 134 Å². The van der Waals surface area contributed by atoms with E-state index in [1.165, 1.54) is 0 Å². The number of nitrogens with one attached hydrogen (secondary N) is 2. The summed E-state index contributed by atoms with van der Waals surface area (Å²) < 4.78 is 21.3. The van der Waals surface area contributed by atoms with E-state index in [0.717, 1.165) is 23.9 Å². The number of ether oxygens (including phenoxy) is 3. The van der Waals surface area contributed by atoms with Gasteiger partial charge in [0.1, 0.15) is 23.5 Å². The third kappa shape index (κ3) is 7.07. The minimum Gasteiger partial charge on any atom is -0.489 e. The molecule has 12 heteroatoms. The van der Waals surface area contributed by atoms with Crippen molar-refractivity contribution in [2.75, 3.05) is 25.1 Å². The van der Waals surface area contributed by atoms with Gasteiger partial charge in [0.25, 0.3) is 5.91 Å². The van der Waals surface area contributed by atoms with E-state index in [1.54, 1.807) is 23.0 Å². The number of aryl methyl sites for hydroxylation is 2. The van der Waals surface area contributed by atoms with Crippen LogP contribution in [-0.4, -0.2) is 61.7 Å². The van der Waals surface area contributed by atoms with Crippen molar-refractivity contribution < 1.29 is 23.8 Å². The Hall–Kier alpha value is -4.61. The average molecular weight is 590 g/mol. The molecule has 3 aromatic heterocycles. The Morgan fingerprint density at radius 1 is 1.23 bits per heavy atom. The molecular formula is C31H39N7O5. The van der Waals surface area contributed by atoms with E-state index in [-0.39, 0.29) is 25.0 Å². The molecule has 4 heterocycles. The summed E-state index contributed by atoms with van der Waals surface area (Å²) in [4.78, 5) is 35.1. The zero-order valence-electron chi connectivity index (χ0n) is 25.6. The van der Waals surface area contributed by atoms with E-state index in [9.17, 15) is 9.59 Å². The van der Waals surface area contributed by atoms with Crippen LogP contribution >= 0.6 is 0 Å². The summed E-state index contributed by atoms with van der Waals surface area (Å²) in [5, 5.41) is 10.1. The highest BCUT2D eigenvalue weighted by atomic mass is 16.6. The number of carbonyl (C=O) groups excluding carboxylic acids is 2. The summed E-state index contributed by atoms with van der Waals surface area (Å²) in [7, 11) is 1.83. The molecule has 0 spiro atoms. The van der Waals surface area contributed by atoms with Gasteiger partial charge in [-0.1, -0.05) is 13.0 Å². The molecule has 0 saturated carbocycles. The standard InChI is InChI=1S/C31H39N7O5/c1-19-9-8-13-42-28-22(17-33-37(28)6)24-16-21(15-20(2)34-24)27(39)36-29-35-23-10-7-11-25(26(23)38(29)18-19)41-14-12-32-30(40)43-31(3,4)5/h7,10-11,15-17,19H,8-9,12-14,18H2,1-6H3,(H,32,40)(H,35,36,39). The number of nitrogens with zero attached hydrogens (tertiary/aromatic N) is 5. The maximum atomic E-state index is 13.6. The number of hydrogen-bond acceptors (Lipinski definition) is 8. The van der Waals surface area contributed by atoms with Crippen LogP contribution in [-0.2, 0) is 18.3 Å². The molecule has 2 N–H and O–H groups in total. The molecule has 0 fully saturated rings. The first-order valence-electron chi connectivity index (χ1n) is 14.5. The molecule has 5 rings (SSSR count). The van der Waals surface area contributed by atoms with Crippen LogP contribution in [0.2, 0.25) is 0 Å². The van der Waals surface area contributed by atoms with Gasteiger partial charge in [0.05, 0.1) is 36.1 Å². The number of aromatic nitrogens is 5. The molecule has 0 radical (unpaired) electrons. The molecule has 0 aliphatic carbocycles. The second-order valence-electron chi connectivity index (χ2n) is 11.9. The van der Waals surface area contributed by atoms with Crippen LogP contribution in [0.1, 0.15) is 56.6 Å². The second-order valence-corrected chi connectivity index (χ2v) is 11.9. The minimum absolute atomic E-state index is 0.229. The number of rotatable bonds is 4. The quantitative estimate of drug-likeness (QED) is 0.314. The monoisotopic (exact) mass is 589 g/mol. The van der Waals surface area contributed by atoms with Gasteiger partial charge >= 0.3 is 6.09 Å². The number of anilines is 1. The van der Waals surface area contributed by atoms with E-state index in [1.807, 2.05) is 57.5 Å². The largest absolute Gasteiger partial charge is 0.489 e. The third-order valence-corrected chi connectivity index (χ3v) is 6.93. The van der Waals surface area contributed by atoms with Gasteiger partial charge in [-0.05, 0) is 70.7 Å². The van der Waals surface area contributed by atoms with Gasteiger partial charge in [0, 0.05) is 24.8 Å². The van der Waals surface area contributed by atoms with Crippen LogP contribution in [0.4, 0.5) is 10.7 Å². The van der Waals surface area contributed by atoms with Gasteiger partial charge in [-0.25, -0.2) is 14.5 Å². The number of fused-ring (bicyclic) bond motifs is 7. The Bertz CT molecular complexity index is 1640. The summed E-state index contributed by atoms with van der Waals surface area (Å²) in [5.74, 6) is 1.59. The number of benzene rings is 1. The first-order chi connectivity index (χ1) is 20.5. The fourth-order valence-electron chi connectivity index (χ4n) is 5.06. The molecule has 228 valence electrons. The summed E-state index contributed by atoms with van der Waals surface area (Å²) >= 11 is 0. The molecule has 1 unspecified atom stereocenters. The van der Waals surface area contributed by atoms with E-state index in [0.29, 0.717) is 53.2 Å². The van der Waals surface area contributed by atoms with Crippen molar-refractivity contribution >= 4 is 29.0 Å². The Morgan fingerprint density at radius 3 is 2.84 bits per heavy atom. The number of pyridine rings is 1. The molecule has 4 aromatic rings. The van der Waals surface area contributed by atoms with Crippen LogP contribution in [0, 0.1) is 12.8 Å². The molecule has 12 nitrogen and oxygen atoms in total. The Morgan fingerprint density at radius 2 is 2.05 bits per heavy atom. The van der Waals surface area contributed by atoms with Crippen molar-refractivity contribution in [2.45, 2.75) is 59.6 Å². The Labute approximate surface area is 250 Å². The van der Waals surface area contributed by atoms with Gasteiger partial charge in [-0.15, -0.1) is 0 Å². The summed E-state index contributed by atoms with van der Waals surface area (Å²) in [6, 6.07) is 9.11. The lowest BCUT2D eigenvalue weighted by Gasteiger charge is -2.20. The van der Waals surface area contributed by atoms with Gasteiger partial charge in [-0.2, -0.15) is 5.10 Å². The normalized spacial score (nSPS) is 15.8. The van der Waals surface area contributed by atoms with Gasteiger partial charge in [0.2, 0.25) is 11.8 Å². The van der Waals surface area contributed by atoms with Crippen molar-refractivity contribution in [3.05, 3.63) is 47.8 Å². The Balaban J connectivity index is 1.46. The van der Waals surface area contributed by atoms with Crippen molar-refractivity contribution in [1.29, 1.82) is 0 Å². The second kappa shape index (κ2) is 12.3. The number of hydrogen-bond donors (Lipinski definition) is 2. The molecule has 2 amide bonds. The molecule has 2 bridgehead atoms. The number of alkyl carbamates (subject to hydrolysis) is 1. The lowest BCUT2D eigenvalue weighted by Crippen LogP contribution is -2.34. The molecule has 1 aliphatic heterocycles. The highest BCUT2D eigenvalue weighted by Crippen LogP contribution is 2.32. The molecule has 1 aromatic carbocycles. The maximum absolute atomic E-state index is 13.6. The highest BCUT2D eigenvalue weighted by molar-refractivity contribution is 6.05. The van der Waals surface area contributed by atoms with Crippen LogP contribution in [0.5, 0.6) is 11.6 Å². The summed E-state index contributed by atoms with van der Waals surface area (Å²) in [6.45, 7) is 11.1. The van der Waals surface area contributed by atoms with E-state index >= 15 is 0 Å². The van der Waals surface area contributed by atoms with Crippen molar-refractivity contribution in [3.63, 3.8) is 0 Å². The van der Waals surface area contributed by atoms with Crippen molar-refractivity contribution in [1.82, 2.24) is 29.6 Å². The minimum atomic E-state index is -0.581. The van der Waals surface area contributed by atoms with Crippen LogP contribution in [0.3, 0.4) is 0 Å². The molecule has 1 aliphatic rings. The smallest absolute Gasteiger partial charge is 0.407 e. The lowest BCUT2D eigenvalue weighted by atomic mass is 10.1. The summed E-state index contributed by atoms with van der Waals surface area (Å²) in [6.07, 6.45) is 2.92. The molecule has 1 atom stereocenters. The fourth-order valence-corrected chi connectivity index (χ4v) is 5.06. The van der Waals surface area contributed by atoms with E-state index in [2.05, 4.69) is 27.6 Å². The first-order valence-corrected chi connectivity index (χ1v) is 14.5. The number of amides is 2. The van der Waals surface area contributed by atoms with Crippen molar-refractivity contribution in [2.24, 2.45) is 13.0 Å². The van der Waals surface area contributed by atoms with Crippen molar-refractivity contribution in [3.8, 4) is 22.9 Å². The first kappa shape index (κ1) is 29.9. The zero-order chi connectivity index (χ0) is 30.7. The Kier molecular flexibility index (Phi) is 8.56. The van der Waals surface area contributed by atoms with Crippen LogP contribution in [0.25, 0.3) is 22.3 Å². The van der Waals surface area contributed by atoms with E-state index in [4.69, 9.17) is 19.2 Å². The zero-order valence-corrected chi connectivity index (χ0v) is 25.6. The molecular weight excluding hydrogens is 550 g/mol. The van der Waals surface area contributed by atoms with Gasteiger partial charge < -0.3 is 24.1 Å². The number of para-hydroxylation sites is 1. The average Bonchev–Trinajstić information content (AvgIpc) is 3.47. The number of carbonyl (C=O) groups is 2. The number of imidazole rings is 1. The summed E-state index contributed by atoms with van der Waals surface area (Å²) in [5.41, 5.74) is 3.37. The lowest BCUT2D eigenvalue weighted by molar-refractivity contribution is 0.0520. The predicted octanol–water partition coefficient (Wildman–Crippen LogP) is 5.10. The van der Waals surface area contributed by atoms with E-state index < -0.39 is 11.7 Å². The molecule has 0 saturated heterocycles. The predicted molar refractivity (Wildman–Crippen MR) is 162 cm³/mol. The third-order valence-electron chi connectivity index (χ3n) is 6.93. The van der Waals surface area contributed by atoms with Gasteiger partial charge in [0.15, 0.2) is 0 Å². The highest BCUT2D eigenvalue weighted by Gasteiger charge is 2.22. The maximum Gasteiger partial charge on any atom is 0.407 e. The SMILES string of the molecule is Cc1cc2cc(n1)-c1cnn(C)c1OCCCC(C)Cn1c(nc3cccc(OCCNC(=O)OC(C)(C)C)c31)NC2=O. The fraction of sp³-hybridized carbons (Fsp3) is 0.452. The van der Waals surface area contributed by atoms with Gasteiger partial charge in [-0.3, -0.25) is 15.1 Å². The van der Waals surface area contributed by atoms with Crippen LogP contribution in [0.15, 0.2) is 36.5 Å².